The summed E-state index contributed by atoms with van der Waals surface area (Å²) in [6.45, 7) is 0. The minimum Gasteiger partial charge on any atom is -0.118 e. The molecule has 0 saturated heterocycles. The first-order chi connectivity index (χ1) is 3.79. The summed E-state index contributed by atoms with van der Waals surface area (Å²) in [5.74, 6) is 0. The van der Waals surface area contributed by atoms with Crippen LogP contribution in [0, 0.1) is 0 Å². The quantitative estimate of drug-likeness (QED) is 0.373. The average molecular weight is 147 g/mol. The highest BCUT2D eigenvalue weighted by Gasteiger charge is 2.05. The molecule has 2 heteroatoms. The van der Waals surface area contributed by atoms with Crippen LogP contribution in [0.25, 0.3) is 0 Å². The Morgan fingerprint density at radius 2 is 2.50 bits per heavy atom. The topological polar surface area (TPSA) is 0 Å². The molecule has 0 aromatic heterocycles. The normalized spacial score (nSPS) is 28.6. The van der Waals surface area contributed by atoms with E-state index in [4.69, 9.17) is 23.8 Å². The molecule has 0 N–H and O–H groups in total. The van der Waals surface area contributed by atoms with Crippen molar-refractivity contribution < 1.29 is 0 Å². The van der Waals surface area contributed by atoms with Gasteiger partial charge in [0.1, 0.15) is 0 Å². The first kappa shape index (κ1) is 6.24. The van der Waals surface area contributed by atoms with Crippen molar-refractivity contribution >= 4 is 28.7 Å². The van der Waals surface area contributed by atoms with Crippen molar-refractivity contribution in [1.29, 1.82) is 0 Å². The molecule has 1 aliphatic carbocycles. The molecule has 0 spiro atoms. The molecule has 1 aliphatic rings. The number of allylic oxidation sites excluding steroid dienone is 2. The van der Waals surface area contributed by atoms with Gasteiger partial charge in [-0.2, -0.15) is 0 Å². The van der Waals surface area contributed by atoms with Gasteiger partial charge in [0, 0.05) is 4.86 Å². The molecule has 0 bridgehead atoms. The van der Waals surface area contributed by atoms with Crippen LogP contribution in [0.3, 0.4) is 0 Å². The summed E-state index contributed by atoms with van der Waals surface area (Å²) in [6, 6.07) is 0. The van der Waals surface area contributed by atoms with Gasteiger partial charge in [-0.1, -0.05) is 24.4 Å². The van der Waals surface area contributed by atoms with Crippen LogP contribution >= 0.6 is 23.8 Å². The van der Waals surface area contributed by atoms with Gasteiger partial charge in [0.05, 0.1) is 5.38 Å². The van der Waals surface area contributed by atoms with Gasteiger partial charge < -0.3 is 0 Å². The number of thiocarbonyl (C=S) groups is 1. The van der Waals surface area contributed by atoms with E-state index in [1.165, 1.54) is 0 Å². The number of rotatable bonds is 0. The highest BCUT2D eigenvalue weighted by atomic mass is 35.5. The van der Waals surface area contributed by atoms with Gasteiger partial charge >= 0.3 is 0 Å². The summed E-state index contributed by atoms with van der Waals surface area (Å²) in [4.78, 5) is 1.03. The molecule has 0 fully saturated rings. The molecule has 44 valence electrons. The highest BCUT2D eigenvalue weighted by molar-refractivity contribution is 7.80. The fourth-order valence-electron chi connectivity index (χ4n) is 0.671. The maximum absolute atomic E-state index is 5.74. The van der Waals surface area contributed by atoms with Crippen LogP contribution in [0.4, 0.5) is 0 Å². The molecule has 8 heavy (non-hydrogen) atoms. The third kappa shape index (κ3) is 1.57. The van der Waals surface area contributed by atoms with Crippen molar-refractivity contribution in [2.45, 2.75) is 18.2 Å². The number of hydrogen-bond donors (Lipinski definition) is 0. The summed E-state index contributed by atoms with van der Waals surface area (Å²) >= 11 is 10.6. The van der Waals surface area contributed by atoms with Crippen molar-refractivity contribution in [2.75, 3.05) is 0 Å². The Labute approximate surface area is 59.5 Å². The molecule has 0 amide bonds. The van der Waals surface area contributed by atoms with E-state index in [9.17, 15) is 0 Å². The first-order valence-corrected chi connectivity index (χ1v) is 3.48. The van der Waals surface area contributed by atoms with Gasteiger partial charge in [-0.15, -0.1) is 11.6 Å². The van der Waals surface area contributed by atoms with Crippen LogP contribution in [-0.2, 0) is 0 Å². The number of alkyl halides is 1. The van der Waals surface area contributed by atoms with E-state index in [1.54, 1.807) is 0 Å². The van der Waals surface area contributed by atoms with E-state index < -0.39 is 0 Å². The third-order valence-electron chi connectivity index (χ3n) is 1.16. The Balaban J connectivity index is 2.55. The molecule has 0 heterocycles. The summed E-state index contributed by atoms with van der Waals surface area (Å²) < 4.78 is 0. The van der Waals surface area contributed by atoms with Crippen molar-refractivity contribution in [3.8, 4) is 0 Å². The number of halogens is 1. The van der Waals surface area contributed by atoms with Gasteiger partial charge in [-0.05, 0) is 12.8 Å². The van der Waals surface area contributed by atoms with E-state index in [-0.39, 0.29) is 5.38 Å². The fourth-order valence-corrected chi connectivity index (χ4v) is 1.05. The maximum Gasteiger partial charge on any atom is 0.0522 e. The van der Waals surface area contributed by atoms with Crippen LogP contribution in [0.1, 0.15) is 12.8 Å². The Bertz CT molecular complexity index is 128. The van der Waals surface area contributed by atoms with Crippen LogP contribution in [0.2, 0.25) is 0 Å². The zero-order valence-corrected chi connectivity index (χ0v) is 6.00. The molecule has 1 rings (SSSR count). The SMILES string of the molecule is S=C1C=CC(Cl)CC1. The zero-order chi connectivity index (χ0) is 5.98. The Morgan fingerprint density at radius 1 is 1.75 bits per heavy atom. The second-order valence-corrected chi connectivity index (χ2v) is 2.97. The van der Waals surface area contributed by atoms with Crippen molar-refractivity contribution in [3.63, 3.8) is 0 Å². The van der Waals surface area contributed by atoms with Crippen LogP contribution < -0.4 is 0 Å². The maximum atomic E-state index is 5.74. The van der Waals surface area contributed by atoms with Gasteiger partial charge in [0.15, 0.2) is 0 Å². The lowest BCUT2D eigenvalue weighted by molar-refractivity contribution is 0.895. The molecule has 0 radical (unpaired) electrons. The minimum absolute atomic E-state index is 0.224. The van der Waals surface area contributed by atoms with E-state index in [0.717, 1.165) is 17.7 Å². The van der Waals surface area contributed by atoms with E-state index in [0.29, 0.717) is 0 Å². The van der Waals surface area contributed by atoms with Crippen molar-refractivity contribution in [1.82, 2.24) is 0 Å². The minimum atomic E-state index is 0.224. The Hall–Kier alpha value is 0.120. The molecule has 0 aromatic carbocycles. The largest absolute Gasteiger partial charge is 0.118 e. The van der Waals surface area contributed by atoms with Crippen LogP contribution in [0.15, 0.2) is 12.2 Å². The summed E-state index contributed by atoms with van der Waals surface area (Å²) in [7, 11) is 0. The van der Waals surface area contributed by atoms with E-state index in [2.05, 4.69) is 0 Å². The predicted molar refractivity (Wildman–Crippen MR) is 40.6 cm³/mol. The average Bonchev–Trinajstić information content (AvgIpc) is 1.77. The predicted octanol–water partition coefficient (Wildman–Crippen LogP) is 2.31. The lowest BCUT2D eigenvalue weighted by Crippen LogP contribution is -2.04. The molecule has 0 aliphatic heterocycles. The van der Waals surface area contributed by atoms with Crippen molar-refractivity contribution in [2.24, 2.45) is 0 Å². The molecular weight excluding hydrogens is 140 g/mol. The molecule has 0 nitrogen and oxygen atoms in total. The van der Waals surface area contributed by atoms with Crippen molar-refractivity contribution in [3.05, 3.63) is 12.2 Å². The summed E-state index contributed by atoms with van der Waals surface area (Å²) in [5.41, 5.74) is 0. The standard InChI is InChI=1S/C6H7ClS/c7-5-1-3-6(8)4-2-5/h1,3,5H,2,4H2. The summed E-state index contributed by atoms with van der Waals surface area (Å²) in [6.07, 6.45) is 5.88. The molecule has 0 saturated carbocycles. The lowest BCUT2D eigenvalue weighted by atomic mass is 10.1. The van der Waals surface area contributed by atoms with Crippen LogP contribution in [-0.4, -0.2) is 10.2 Å². The van der Waals surface area contributed by atoms with Gasteiger partial charge in [-0.3, -0.25) is 0 Å². The Morgan fingerprint density at radius 3 is 2.88 bits per heavy atom. The summed E-state index contributed by atoms with van der Waals surface area (Å²) in [5, 5.41) is 0.224. The monoisotopic (exact) mass is 146 g/mol. The van der Waals surface area contributed by atoms with E-state index >= 15 is 0 Å². The number of hydrogen-bond acceptors (Lipinski definition) is 1. The van der Waals surface area contributed by atoms with E-state index in [1.807, 2.05) is 12.2 Å². The zero-order valence-electron chi connectivity index (χ0n) is 4.43. The highest BCUT2D eigenvalue weighted by Crippen LogP contribution is 2.13. The van der Waals surface area contributed by atoms with Gasteiger partial charge in [0.25, 0.3) is 0 Å². The third-order valence-corrected chi connectivity index (χ3v) is 1.86. The van der Waals surface area contributed by atoms with Gasteiger partial charge in [0.2, 0.25) is 0 Å². The molecule has 1 unspecified atom stereocenters. The van der Waals surface area contributed by atoms with Crippen LogP contribution in [0.5, 0.6) is 0 Å². The second-order valence-electron chi connectivity index (χ2n) is 1.88. The smallest absolute Gasteiger partial charge is 0.0522 e. The Kier molecular flexibility index (Phi) is 2.03. The van der Waals surface area contributed by atoms with Gasteiger partial charge in [-0.25, -0.2) is 0 Å². The molecular formula is C6H7ClS. The fraction of sp³-hybridized carbons (Fsp3) is 0.500. The second kappa shape index (κ2) is 2.60. The lowest BCUT2D eigenvalue weighted by Gasteiger charge is -2.07. The molecule has 1 atom stereocenters. The first-order valence-electron chi connectivity index (χ1n) is 2.64. The molecule has 0 aromatic rings.